The topological polar surface area (TPSA) is 52.6 Å². The van der Waals surface area contributed by atoms with E-state index in [9.17, 15) is 9.59 Å². The number of hydrogen-bond donors (Lipinski definition) is 0. The number of para-hydroxylation sites is 1. The van der Waals surface area contributed by atoms with Crippen LogP contribution >= 0.6 is 0 Å². The Bertz CT molecular complexity index is 853. The summed E-state index contributed by atoms with van der Waals surface area (Å²) in [6.07, 6.45) is 6.58. The molecule has 0 fully saturated rings. The molecule has 5 heteroatoms. The molecule has 32 heavy (non-hydrogen) atoms. The first kappa shape index (κ1) is 25.6. The zero-order valence-corrected chi connectivity index (χ0v) is 20.1. The third-order valence-electron chi connectivity index (χ3n) is 5.39. The van der Waals surface area contributed by atoms with Crippen LogP contribution in [0.5, 0.6) is 5.75 Å². The first-order valence-electron chi connectivity index (χ1n) is 11.6. The minimum atomic E-state index is -0.161. The first-order valence-corrected chi connectivity index (χ1v) is 11.6. The number of quaternary nitrogens is 1. The van der Waals surface area contributed by atoms with Gasteiger partial charge in [0.1, 0.15) is 11.4 Å². The molecule has 0 unspecified atom stereocenters. The van der Waals surface area contributed by atoms with Gasteiger partial charge in [-0.2, -0.15) is 0 Å². The molecule has 174 valence electrons. The van der Waals surface area contributed by atoms with Gasteiger partial charge in [0.05, 0.1) is 46.3 Å². The molecule has 0 N–H and O–H groups in total. The quantitative estimate of drug-likeness (QED) is 0.166. The molecule has 0 saturated heterocycles. The lowest BCUT2D eigenvalue weighted by molar-refractivity contribution is -0.142. The summed E-state index contributed by atoms with van der Waals surface area (Å²) in [5, 5.41) is 0. The highest BCUT2D eigenvalue weighted by Crippen LogP contribution is 2.19. The number of ketones is 1. The molecule has 0 atom stereocenters. The van der Waals surface area contributed by atoms with Gasteiger partial charge < -0.3 is 9.47 Å². The van der Waals surface area contributed by atoms with E-state index < -0.39 is 0 Å². The molecular formula is C27H38NO4+. The van der Waals surface area contributed by atoms with E-state index in [1.54, 1.807) is 13.0 Å². The van der Waals surface area contributed by atoms with E-state index in [4.69, 9.17) is 9.47 Å². The van der Waals surface area contributed by atoms with Gasteiger partial charge >= 0.3 is 5.97 Å². The molecule has 2 rings (SSSR count). The number of Topliss-reactive ketones (excluding diaryl/α,β-unsaturated/α-hetero) is 1. The Morgan fingerprint density at radius 3 is 2.00 bits per heavy atom. The van der Waals surface area contributed by atoms with Crippen LogP contribution in [0.2, 0.25) is 0 Å². The zero-order valence-electron chi connectivity index (χ0n) is 20.1. The highest BCUT2D eigenvalue weighted by molar-refractivity contribution is 5.96. The predicted molar refractivity (Wildman–Crippen MR) is 130 cm³/mol. The number of unbranched alkanes of at least 4 members (excludes halogenated alkanes) is 5. The fourth-order valence-electron chi connectivity index (χ4n) is 3.44. The van der Waals surface area contributed by atoms with Crippen LogP contribution in [0.3, 0.4) is 0 Å². The molecule has 0 saturated carbocycles. The summed E-state index contributed by atoms with van der Waals surface area (Å²) in [6, 6.07) is 15.5. The third kappa shape index (κ3) is 9.23. The maximum absolute atomic E-state index is 12.0. The van der Waals surface area contributed by atoms with Gasteiger partial charge in [-0.05, 0) is 49.6 Å². The van der Waals surface area contributed by atoms with Crippen LogP contribution < -0.4 is 9.22 Å². The van der Waals surface area contributed by atoms with Gasteiger partial charge in [-0.1, -0.05) is 49.9 Å². The SMILES string of the molecule is CC(=O)c1ccccc1OCCCCCCCCOC(=O)Cc1ccc([N+](C)(C)C)cc1. The van der Waals surface area contributed by atoms with E-state index >= 15 is 0 Å². The standard InChI is InChI=1S/C27H38NO4/c1-22(29)25-13-9-10-14-26(25)31-19-11-7-5-6-8-12-20-32-27(30)21-23-15-17-24(18-16-23)28(2,3)4/h9-10,13-18H,5-8,11-12,19-21H2,1-4H3/q+1. The Morgan fingerprint density at radius 2 is 1.38 bits per heavy atom. The van der Waals surface area contributed by atoms with Crippen molar-refractivity contribution in [3.63, 3.8) is 0 Å². The zero-order chi connectivity index (χ0) is 23.4. The Labute approximate surface area is 192 Å². The fourth-order valence-corrected chi connectivity index (χ4v) is 3.44. The molecule has 0 aliphatic rings. The Hall–Kier alpha value is -2.66. The number of nitrogens with zero attached hydrogens (tertiary/aromatic N) is 1. The molecule has 0 heterocycles. The normalized spacial score (nSPS) is 11.2. The molecule has 0 bridgehead atoms. The number of benzene rings is 2. The van der Waals surface area contributed by atoms with Crippen LogP contribution in [0.25, 0.3) is 0 Å². The molecule has 0 amide bonds. The number of hydrogen-bond acceptors (Lipinski definition) is 4. The maximum atomic E-state index is 12.0. The summed E-state index contributed by atoms with van der Waals surface area (Å²) < 4.78 is 11.9. The van der Waals surface area contributed by atoms with Crippen LogP contribution in [0.15, 0.2) is 48.5 Å². The van der Waals surface area contributed by atoms with Crippen molar-refractivity contribution in [3.05, 3.63) is 59.7 Å². The highest BCUT2D eigenvalue weighted by Gasteiger charge is 2.12. The minimum absolute atomic E-state index is 0.0269. The van der Waals surface area contributed by atoms with Gasteiger partial charge in [-0.15, -0.1) is 0 Å². The van der Waals surface area contributed by atoms with Crippen molar-refractivity contribution >= 4 is 17.4 Å². The van der Waals surface area contributed by atoms with E-state index in [-0.39, 0.29) is 11.8 Å². The van der Waals surface area contributed by atoms with Gasteiger partial charge in [0.25, 0.3) is 0 Å². The Kier molecular flexibility index (Phi) is 10.4. The molecule has 0 aliphatic heterocycles. The van der Waals surface area contributed by atoms with E-state index in [0.717, 1.165) is 48.6 Å². The summed E-state index contributed by atoms with van der Waals surface area (Å²) in [6.45, 7) is 2.67. The van der Waals surface area contributed by atoms with Gasteiger partial charge in [0.15, 0.2) is 5.78 Å². The van der Waals surface area contributed by atoms with Gasteiger partial charge in [0.2, 0.25) is 0 Å². The molecule has 2 aromatic carbocycles. The Balaban J connectivity index is 1.49. The molecule has 5 nitrogen and oxygen atoms in total. The lowest BCUT2D eigenvalue weighted by Crippen LogP contribution is -2.34. The van der Waals surface area contributed by atoms with Crippen molar-refractivity contribution in [2.75, 3.05) is 34.4 Å². The summed E-state index contributed by atoms with van der Waals surface area (Å²) in [5.41, 5.74) is 2.83. The molecule has 2 aromatic rings. The lowest BCUT2D eigenvalue weighted by atomic mass is 10.1. The summed E-state index contributed by atoms with van der Waals surface area (Å²) in [4.78, 5) is 23.6. The van der Waals surface area contributed by atoms with E-state index in [1.165, 1.54) is 5.69 Å². The van der Waals surface area contributed by atoms with Crippen molar-refractivity contribution in [2.24, 2.45) is 0 Å². The van der Waals surface area contributed by atoms with Crippen LogP contribution in [-0.4, -0.2) is 46.1 Å². The number of carbonyl (C=O) groups is 2. The highest BCUT2D eigenvalue weighted by atomic mass is 16.5. The summed E-state index contributed by atoms with van der Waals surface area (Å²) in [5.74, 6) is 0.538. The third-order valence-corrected chi connectivity index (χ3v) is 5.39. The van der Waals surface area contributed by atoms with E-state index in [0.29, 0.717) is 30.9 Å². The smallest absolute Gasteiger partial charge is 0.310 e. The minimum Gasteiger partial charge on any atom is -0.493 e. The van der Waals surface area contributed by atoms with Crippen LogP contribution in [0.4, 0.5) is 5.69 Å². The molecule has 0 aliphatic carbocycles. The molecule has 0 radical (unpaired) electrons. The number of rotatable bonds is 14. The number of esters is 1. The van der Waals surface area contributed by atoms with Crippen LogP contribution in [0, 0.1) is 0 Å². The Morgan fingerprint density at radius 1 is 0.781 bits per heavy atom. The average molecular weight is 441 g/mol. The molecule has 0 aromatic heterocycles. The van der Waals surface area contributed by atoms with Crippen molar-refractivity contribution in [1.82, 2.24) is 4.48 Å². The van der Waals surface area contributed by atoms with Gasteiger partial charge in [-0.25, -0.2) is 0 Å². The lowest BCUT2D eigenvalue weighted by Gasteiger charge is -2.23. The van der Waals surface area contributed by atoms with Crippen LogP contribution in [-0.2, 0) is 16.0 Å². The van der Waals surface area contributed by atoms with Crippen molar-refractivity contribution in [2.45, 2.75) is 51.9 Å². The van der Waals surface area contributed by atoms with E-state index in [2.05, 4.69) is 33.3 Å². The number of carbonyl (C=O) groups excluding carboxylic acids is 2. The molecule has 0 spiro atoms. The van der Waals surface area contributed by atoms with Crippen molar-refractivity contribution in [3.8, 4) is 5.75 Å². The number of ether oxygens (including phenoxy) is 2. The first-order chi connectivity index (χ1) is 15.3. The second-order valence-electron chi connectivity index (χ2n) is 9.10. The molecular weight excluding hydrogens is 402 g/mol. The largest absolute Gasteiger partial charge is 0.493 e. The second kappa shape index (κ2) is 13.0. The van der Waals surface area contributed by atoms with Crippen LogP contribution in [0.1, 0.15) is 61.4 Å². The monoisotopic (exact) mass is 440 g/mol. The van der Waals surface area contributed by atoms with Gasteiger partial charge in [-0.3, -0.25) is 14.1 Å². The average Bonchev–Trinajstić information content (AvgIpc) is 2.75. The fraction of sp³-hybridized carbons (Fsp3) is 0.481. The predicted octanol–water partition coefficient (Wildman–Crippen LogP) is 5.59. The second-order valence-corrected chi connectivity index (χ2v) is 9.10. The van der Waals surface area contributed by atoms with Crippen molar-refractivity contribution in [1.29, 1.82) is 0 Å². The van der Waals surface area contributed by atoms with Crippen molar-refractivity contribution < 1.29 is 19.1 Å². The summed E-state index contributed by atoms with van der Waals surface area (Å²) >= 11 is 0. The van der Waals surface area contributed by atoms with Gasteiger partial charge in [0, 0.05) is 0 Å². The summed E-state index contributed by atoms with van der Waals surface area (Å²) in [7, 11) is 6.35. The maximum Gasteiger partial charge on any atom is 0.310 e. The van der Waals surface area contributed by atoms with E-state index in [1.807, 2.05) is 30.3 Å².